The van der Waals surface area contributed by atoms with Crippen LogP contribution >= 0.6 is 11.3 Å². The minimum atomic E-state index is -0.333. The molecule has 0 aliphatic rings. The number of nitrogens with one attached hydrogen (secondary N) is 2. The van der Waals surface area contributed by atoms with E-state index in [4.69, 9.17) is 4.42 Å². The summed E-state index contributed by atoms with van der Waals surface area (Å²) in [6, 6.07) is 13.9. The number of para-hydroxylation sites is 1. The van der Waals surface area contributed by atoms with Crippen molar-refractivity contribution in [1.29, 1.82) is 0 Å². The normalized spacial score (nSPS) is 11.2. The van der Waals surface area contributed by atoms with Gasteiger partial charge in [-0.15, -0.1) is 11.3 Å². The summed E-state index contributed by atoms with van der Waals surface area (Å²) in [5, 5.41) is 6.37. The first-order valence-electron chi connectivity index (χ1n) is 9.60. The smallest absolute Gasteiger partial charge is 0.232 e. The Labute approximate surface area is 180 Å². The van der Waals surface area contributed by atoms with Gasteiger partial charge in [0.25, 0.3) is 0 Å². The van der Waals surface area contributed by atoms with Gasteiger partial charge in [0.1, 0.15) is 12.1 Å². The third-order valence-corrected chi connectivity index (χ3v) is 5.64. The number of carbonyl (C=O) groups is 1. The van der Waals surface area contributed by atoms with Crippen molar-refractivity contribution in [3.63, 3.8) is 0 Å². The molecule has 3 aromatic heterocycles. The molecule has 0 aliphatic heterocycles. The Morgan fingerprint density at radius 2 is 1.97 bits per heavy atom. The molecule has 0 spiro atoms. The number of aryl methyl sites for hydroxylation is 1. The summed E-state index contributed by atoms with van der Waals surface area (Å²) in [6.07, 6.45) is 1.48. The molecule has 3 heterocycles. The summed E-state index contributed by atoms with van der Waals surface area (Å²) in [6.45, 7) is 2.01. The van der Waals surface area contributed by atoms with E-state index in [2.05, 4.69) is 26.3 Å². The maximum atomic E-state index is 13.1. The van der Waals surface area contributed by atoms with Crippen LogP contribution in [0.5, 0.6) is 0 Å². The van der Waals surface area contributed by atoms with Crippen LogP contribution in [-0.4, -0.2) is 20.9 Å². The average Bonchev–Trinajstić information content (AvgIpc) is 3.47. The minimum absolute atomic E-state index is 0.0473. The van der Waals surface area contributed by atoms with Gasteiger partial charge in [-0.3, -0.25) is 4.79 Å². The quantitative estimate of drug-likeness (QED) is 0.380. The van der Waals surface area contributed by atoms with E-state index in [0.29, 0.717) is 22.3 Å². The molecule has 0 radical (unpaired) electrons. The van der Waals surface area contributed by atoms with Gasteiger partial charge in [-0.25, -0.2) is 14.4 Å². The second-order valence-corrected chi connectivity index (χ2v) is 7.94. The lowest BCUT2D eigenvalue weighted by molar-refractivity contribution is -0.115. The Bertz CT molecular complexity index is 1380. The van der Waals surface area contributed by atoms with Crippen molar-refractivity contribution < 1.29 is 13.6 Å². The Hall–Kier alpha value is -3.78. The number of halogens is 1. The van der Waals surface area contributed by atoms with E-state index in [-0.39, 0.29) is 18.1 Å². The highest BCUT2D eigenvalue weighted by Crippen LogP contribution is 2.33. The average molecular weight is 432 g/mol. The number of aromatic amines is 1. The van der Waals surface area contributed by atoms with Crippen LogP contribution in [0, 0.1) is 12.7 Å². The van der Waals surface area contributed by atoms with E-state index in [1.807, 2.05) is 30.5 Å². The van der Waals surface area contributed by atoms with Crippen molar-refractivity contribution >= 4 is 33.3 Å². The highest BCUT2D eigenvalue weighted by atomic mass is 32.1. The monoisotopic (exact) mass is 432 g/mol. The second kappa shape index (κ2) is 7.81. The van der Waals surface area contributed by atoms with E-state index in [1.165, 1.54) is 29.7 Å². The van der Waals surface area contributed by atoms with Crippen LogP contribution in [0.4, 0.5) is 9.52 Å². The predicted molar refractivity (Wildman–Crippen MR) is 118 cm³/mol. The molecule has 8 heteroatoms. The molecule has 0 aliphatic carbocycles. The molecule has 0 fully saturated rings. The van der Waals surface area contributed by atoms with Crippen molar-refractivity contribution in [2.45, 2.75) is 13.3 Å². The van der Waals surface area contributed by atoms with Crippen LogP contribution in [-0.2, 0) is 11.2 Å². The number of nitrogens with zero attached hydrogens (tertiary/aromatic N) is 2. The lowest BCUT2D eigenvalue weighted by Crippen LogP contribution is -2.14. The zero-order chi connectivity index (χ0) is 21.4. The molecule has 154 valence electrons. The molecular formula is C23H17FN4O2S. The Balaban J connectivity index is 1.29. The molecule has 2 N–H and O–H groups in total. The number of carbonyl (C=O) groups excluding carboxylic acids is 1. The fraction of sp³-hybridized carbons (Fsp3) is 0.0870. The van der Waals surface area contributed by atoms with Gasteiger partial charge in [-0.2, -0.15) is 0 Å². The van der Waals surface area contributed by atoms with Crippen LogP contribution in [0.2, 0.25) is 0 Å². The second-order valence-electron chi connectivity index (χ2n) is 7.08. The Morgan fingerprint density at radius 1 is 1.16 bits per heavy atom. The number of amides is 1. The van der Waals surface area contributed by atoms with Gasteiger partial charge in [0.2, 0.25) is 11.8 Å². The van der Waals surface area contributed by atoms with Crippen molar-refractivity contribution in [2.24, 2.45) is 0 Å². The highest BCUT2D eigenvalue weighted by molar-refractivity contribution is 7.14. The summed E-state index contributed by atoms with van der Waals surface area (Å²) in [5.41, 5.74) is 5.06. The van der Waals surface area contributed by atoms with Gasteiger partial charge in [-0.05, 0) is 37.3 Å². The number of aromatic nitrogens is 3. The summed E-state index contributed by atoms with van der Waals surface area (Å²) < 4.78 is 18.5. The van der Waals surface area contributed by atoms with Gasteiger partial charge in [0, 0.05) is 33.1 Å². The minimum Gasteiger partial charge on any atom is -0.444 e. The number of benzene rings is 2. The van der Waals surface area contributed by atoms with Crippen LogP contribution in [0.1, 0.15) is 11.4 Å². The maximum Gasteiger partial charge on any atom is 0.232 e. The summed E-state index contributed by atoms with van der Waals surface area (Å²) >= 11 is 1.37. The van der Waals surface area contributed by atoms with E-state index >= 15 is 0 Å². The van der Waals surface area contributed by atoms with Crippen LogP contribution in [0.3, 0.4) is 0 Å². The largest absolute Gasteiger partial charge is 0.444 e. The lowest BCUT2D eigenvalue weighted by Gasteiger charge is -1.99. The predicted octanol–water partition coefficient (Wildman–Crippen LogP) is 5.58. The summed E-state index contributed by atoms with van der Waals surface area (Å²) in [5.74, 6) is -0.231. The Kier molecular flexibility index (Phi) is 4.83. The third-order valence-electron chi connectivity index (χ3n) is 4.88. The number of anilines is 1. The molecule has 5 rings (SSSR count). The van der Waals surface area contributed by atoms with Gasteiger partial charge in [-0.1, -0.05) is 18.2 Å². The number of thiazole rings is 1. The number of rotatable bonds is 5. The first kappa shape index (κ1) is 19.2. The zero-order valence-corrected chi connectivity index (χ0v) is 17.3. The number of H-pyrrole nitrogens is 1. The van der Waals surface area contributed by atoms with Crippen LogP contribution in [0.25, 0.3) is 33.6 Å². The molecule has 0 atom stereocenters. The molecule has 1 amide bonds. The highest BCUT2D eigenvalue weighted by Gasteiger charge is 2.16. The molecule has 0 saturated heterocycles. The van der Waals surface area contributed by atoms with Gasteiger partial charge >= 0.3 is 0 Å². The molecule has 31 heavy (non-hydrogen) atoms. The van der Waals surface area contributed by atoms with E-state index in [9.17, 15) is 9.18 Å². The number of hydrogen-bond donors (Lipinski definition) is 2. The van der Waals surface area contributed by atoms with Crippen molar-refractivity contribution in [3.05, 3.63) is 77.4 Å². The molecule has 5 aromatic rings. The van der Waals surface area contributed by atoms with Crippen molar-refractivity contribution in [1.82, 2.24) is 15.0 Å². The van der Waals surface area contributed by atoms with E-state index in [1.54, 1.807) is 12.1 Å². The maximum absolute atomic E-state index is 13.1. The fourth-order valence-electron chi connectivity index (χ4n) is 3.49. The SMILES string of the molecule is Cc1[nH]c2ccccc2c1-c1csc(NC(=O)Cc2coc(-c3ccc(F)cc3)n2)n1. The number of oxazole rings is 1. The first-order chi connectivity index (χ1) is 15.1. The molecule has 0 saturated carbocycles. The van der Waals surface area contributed by atoms with Gasteiger partial charge < -0.3 is 14.7 Å². The lowest BCUT2D eigenvalue weighted by atomic mass is 10.1. The van der Waals surface area contributed by atoms with Crippen molar-refractivity contribution in [2.75, 3.05) is 5.32 Å². The molecular weight excluding hydrogens is 415 g/mol. The van der Waals surface area contributed by atoms with Crippen LogP contribution in [0.15, 0.2) is 64.6 Å². The molecule has 2 aromatic carbocycles. The Morgan fingerprint density at radius 3 is 2.81 bits per heavy atom. The standard InChI is InChI=1S/C23H17FN4O2S/c1-13-21(17-4-2-3-5-18(17)25-13)19-12-31-23(27-19)28-20(29)10-16-11-30-22(26-16)14-6-8-15(24)9-7-14/h2-9,11-12,25H,10H2,1H3,(H,27,28,29). The van der Waals surface area contributed by atoms with Crippen LogP contribution < -0.4 is 5.32 Å². The van der Waals surface area contributed by atoms with E-state index in [0.717, 1.165) is 27.9 Å². The fourth-order valence-corrected chi connectivity index (χ4v) is 4.21. The molecule has 0 bridgehead atoms. The first-order valence-corrected chi connectivity index (χ1v) is 10.5. The van der Waals surface area contributed by atoms with Crippen molar-refractivity contribution in [3.8, 4) is 22.7 Å². The van der Waals surface area contributed by atoms with E-state index < -0.39 is 0 Å². The van der Waals surface area contributed by atoms with Gasteiger partial charge in [0.15, 0.2) is 5.13 Å². The summed E-state index contributed by atoms with van der Waals surface area (Å²) in [7, 11) is 0. The number of hydrogen-bond acceptors (Lipinski definition) is 5. The third kappa shape index (κ3) is 3.85. The van der Waals surface area contributed by atoms with Gasteiger partial charge in [0.05, 0.1) is 17.8 Å². The number of fused-ring (bicyclic) bond motifs is 1. The molecule has 6 nitrogen and oxygen atoms in total. The molecule has 0 unspecified atom stereocenters. The summed E-state index contributed by atoms with van der Waals surface area (Å²) in [4.78, 5) is 24.7. The topological polar surface area (TPSA) is 83.8 Å². The zero-order valence-electron chi connectivity index (χ0n) is 16.5.